The van der Waals surface area contributed by atoms with Crippen molar-refractivity contribution in [1.29, 1.82) is 0 Å². The third kappa shape index (κ3) is 3.79. The summed E-state index contributed by atoms with van der Waals surface area (Å²) in [5.41, 5.74) is 1.10. The number of nitrogens with zero attached hydrogens (tertiary/aromatic N) is 3. The first kappa shape index (κ1) is 17.0. The van der Waals surface area contributed by atoms with E-state index >= 15 is 0 Å². The first-order chi connectivity index (χ1) is 12.1. The van der Waals surface area contributed by atoms with Crippen molar-refractivity contribution in [1.82, 2.24) is 14.8 Å². The van der Waals surface area contributed by atoms with Crippen LogP contribution in [0.4, 0.5) is 0 Å². The molecule has 0 saturated carbocycles. The molecule has 1 aliphatic rings. The number of hydrogen-bond donors (Lipinski definition) is 0. The molecule has 130 valence electrons. The lowest BCUT2D eigenvalue weighted by Gasteiger charge is -2.18. The molecule has 1 atom stereocenters. The summed E-state index contributed by atoms with van der Waals surface area (Å²) < 4.78 is 5.94. The van der Waals surface area contributed by atoms with Crippen LogP contribution in [0.5, 0.6) is 5.88 Å². The Hall–Kier alpha value is -2.89. The van der Waals surface area contributed by atoms with Crippen molar-refractivity contribution in [3.63, 3.8) is 0 Å². The monoisotopic (exact) mass is 339 g/mol. The van der Waals surface area contributed by atoms with Gasteiger partial charge in [-0.05, 0) is 24.3 Å². The van der Waals surface area contributed by atoms with Crippen LogP contribution in [-0.2, 0) is 0 Å². The van der Waals surface area contributed by atoms with Crippen molar-refractivity contribution >= 4 is 11.8 Å². The number of benzene rings is 1. The minimum atomic E-state index is -0.170. The van der Waals surface area contributed by atoms with Crippen molar-refractivity contribution < 1.29 is 14.3 Å². The van der Waals surface area contributed by atoms with Crippen LogP contribution < -0.4 is 4.74 Å². The highest BCUT2D eigenvalue weighted by Crippen LogP contribution is 2.22. The number of amides is 2. The fraction of sp³-hybridized carbons (Fsp3) is 0.316. The van der Waals surface area contributed by atoms with Crippen molar-refractivity contribution in [3.8, 4) is 5.88 Å². The van der Waals surface area contributed by atoms with Gasteiger partial charge in [-0.25, -0.2) is 4.98 Å². The molecular formula is C19H21N3O3. The number of ether oxygens (including phenoxy) is 1. The molecule has 2 heterocycles. The van der Waals surface area contributed by atoms with Gasteiger partial charge in [0.25, 0.3) is 11.8 Å². The highest BCUT2D eigenvalue weighted by Gasteiger charge is 2.29. The fourth-order valence-electron chi connectivity index (χ4n) is 2.82. The molecule has 2 amide bonds. The molecule has 1 fully saturated rings. The minimum absolute atomic E-state index is 0.00249. The third-order valence-corrected chi connectivity index (χ3v) is 4.14. The summed E-state index contributed by atoms with van der Waals surface area (Å²) in [6, 6.07) is 12.6. The average molecular weight is 339 g/mol. The summed E-state index contributed by atoms with van der Waals surface area (Å²) in [5, 5.41) is 0. The van der Waals surface area contributed by atoms with E-state index in [0.29, 0.717) is 36.5 Å². The summed E-state index contributed by atoms with van der Waals surface area (Å²) >= 11 is 0. The Bertz CT molecular complexity index is 762. The summed E-state index contributed by atoms with van der Waals surface area (Å²) in [4.78, 5) is 32.2. The van der Waals surface area contributed by atoms with Crippen LogP contribution in [0.15, 0.2) is 48.7 Å². The van der Waals surface area contributed by atoms with Crippen LogP contribution in [0.2, 0.25) is 0 Å². The van der Waals surface area contributed by atoms with Crippen LogP contribution in [0.1, 0.15) is 27.1 Å². The van der Waals surface area contributed by atoms with Gasteiger partial charge >= 0.3 is 0 Å². The van der Waals surface area contributed by atoms with Crippen LogP contribution in [-0.4, -0.2) is 59.9 Å². The van der Waals surface area contributed by atoms with Crippen LogP contribution in [0.3, 0.4) is 0 Å². The van der Waals surface area contributed by atoms with Crippen molar-refractivity contribution in [3.05, 3.63) is 59.8 Å². The maximum atomic E-state index is 12.5. The standard InChI is InChI=1S/C19H21N3O3/c1-21(2)19(24)16-9-6-11-20-17(16)25-15-10-12-22(13-15)18(23)14-7-4-3-5-8-14/h3-9,11,15H,10,12-13H2,1-2H3. The lowest BCUT2D eigenvalue weighted by atomic mass is 10.2. The van der Waals surface area contributed by atoms with Gasteiger partial charge < -0.3 is 14.5 Å². The van der Waals surface area contributed by atoms with Crippen molar-refractivity contribution in [2.45, 2.75) is 12.5 Å². The molecule has 0 radical (unpaired) electrons. The van der Waals surface area contributed by atoms with Gasteiger partial charge in [0.2, 0.25) is 5.88 Å². The molecule has 0 N–H and O–H groups in total. The van der Waals surface area contributed by atoms with Crippen LogP contribution in [0.25, 0.3) is 0 Å². The first-order valence-electron chi connectivity index (χ1n) is 8.24. The van der Waals surface area contributed by atoms with Crippen molar-refractivity contribution in [2.75, 3.05) is 27.2 Å². The Labute approximate surface area is 147 Å². The second-order valence-electron chi connectivity index (χ2n) is 6.20. The normalized spacial score (nSPS) is 16.6. The number of hydrogen-bond acceptors (Lipinski definition) is 4. The Morgan fingerprint density at radius 2 is 1.92 bits per heavy atom. The van der Waals surface area contributed by atoms with Gasteiger partial charge in [0.1, 0.15) is 11.7 Å². The SMILES string of the molecule is CN(C)C(=O)c1cccnc1OC1CCN(C(=O)c2ccccc2)C1. The molecule has 1 aromatic carbocycles. The Kier molecular flexibility index (Phi) is 4.97. The predicted molar refractivity (Wildman–Crippen MR) is 93.6 cm³/mol. The number of carbonyl (C=O) groups excluding carboxylic acids is 2. The van der Waals surface area contributed by atoms with Gasteiger partial charge in [0.05, 0.1) is 6.54 Å². The number of likely N-dealkylation sites (tertiary alicyclic amines) is 1. The molecule has 1 aliphatic heterocycles. The van der Waals surface area contributed by atoms with E-state index in [2.05, 4.69) is 4.98 Å². The van der Waals surface area contributed by atoms with E-state index in [-0.39, 0.29) is 17.9 Å². The molecular weight excluding hydrogens is 318 g/mol. The molecule has 25 heavy (non-hydrogen) atoms. The van der Waals surface area contributed by atoms with E-state index in [1.165, 1.54) is 4.90 Å². The van der Waals surface area contributed by atoms with Gasteiger partial charge in [-0.3, -0.25) is 9.59 Å². The number of pyridine rings is 1. The molecule has 1 saturated heterocycles. The molecule has 3 rings (SSSR count). The fourth-order valence-corrected chi connectivity index (χ4v) is 2.82. The predicted octanol–water partition coefficient (Wildman–Crippen LogP) is 2.08. The average Bonchev–Trinajstić information content (AvgIpc) is 3.10. The lowest BCUT2D eigenvalue weighted by molar-refractivity contribution is 0.0763. The third-order valence-electron chi connectivity index (χ3n) is 4.14. The second kappa shape index (κ2) is 7.34. The Balaban J connectivity index is 1.68. The molecule has 2 aromatic rings. The van der Waals surface area contributed by atoms with Gasteiger partial charge in [-0.1, -0.05) is 18.2 Å². The molecule has 1 unspecified atom stereocenters. The first-order valence-corrected chi connectivity index (χ1v) is 8.24. The number of aromatic nitrogens is 1. The van der Waals surface area contributed by atoms with Crippen molar-refractivity contribution in [2.24, 2.45) is 0 Å². The maximum Gasteiger partial charge on any atom is 0.258 e. The van der Waals surface area contributed by atoms with Crippen LogP contribution >= 0.6 is 0 Å². The molecule has 6 heteroatoms. The molecule has 0 aliphatic carbocycles. The Morgan fingerprint density at radius 3 is 2.64 bits per heavy atom. The molecule has 0 spiro atoms. The number of rotatable bonds is 4. The minimum Gasteiger partial charge on any atom is -0.472 e. The molecule has 6 nitrogen and oxygen atoms in total. The zero-order chi connectivity index (χ0) is 17.8. The van der Waals surface area contributed by atoms with E-state index in [9.17, 15) is 9.59 Å². The smallest absolute Gasteiger partial charge is 0.258 e. The highest BCUT2D eigenvalue weighted by molar-refractivity contribution is 5.96. The second-order valence-corrected chi connectivity index (χ2v) is 6.20. The van der Waals surface area contributed by atoms with E-state index in [0.717, 1.165) is 0 Å². The summed E-state index contributed by atoms with van der Waals surface area (Å²) in [6.07, 6.45) is 2.14. The molecule has 1 aromatic heterocycles. The van der Waals surface area contributed by atoms with E-state index < -0.39 is 0 Å². The summed E-state index contributed by atoms with van der Waals surface area (Å²) in [7, 11) is 3.38. The lowest BCUT2D eigenvalue weighted by Crippen LogP contribution is -2.31. The van der Waals surface area contributed by atoms with E-state index in [4.69, 9.17) is 4.74 Å². The quantitative estimate of drug-likeness (QED) is 0.855. The topological polar surface area (TPSA) is 62.7 Å². The van der Waals surface area contributed by atoms with E-state index in [1.54, 1.807) is 37.3 Å². The van der Waals surface area contributed by atoms with Gasteiger partial charge in [0.15, 0.2) is 0 Å². The zero-order valence-electron chi connectivity index (χ0n) is 14.4. The van der Waals surface area contributed by atoms with E-state index in [1.807, 2.05) is 30.3 Å². The van der Waals surface area contributed by atoms with Gasteiger partial charge in [0, 0.05) is 38.8 Å². The summed E-state index contributed by atoms with van der Waals surface area (Å²) in [5.74, 6) is 0.163. The maximum absolute atomic E-state index is 12.5. The molecule has 0 bridgehead atoms. The highest BCUT2D eigenvalue weighted by atomic mass is 16.5. The largest absolute Gasteiger partial charge is 0.472 e. The number of carbonyl (C=O) groups is 2. The summed E-state index contributed by atoms with van der Waals surface area (Å²) in [6.45, 7) is 1.11. The van der Waals surface area contributed by atoms with Gasteiger partial charge in [-0.2, -0.15) is 0 Å². The van der Waals surface area contributed by atoms with Gasteiger partial charge in [-0.15, -0.1) is 0 Å². The zero-order valence-corrected chi connectivity index (χ0v) is 14.4. The Morgan fingerprint density at radius 1 is 1.16 bits per heavy atom. The van der Waals surface area contributed by atoms with Crippen LogP contribution in [0, 0.1) is 0 Å².